The van der Waals surface area contributed by atoms with Crippen molar-refractivity contribution in [2.75, 3.05) is 13.1 Å². The lowest BCUT2D eigenvalue weighted by atomic mass is 10.1. The summed E-state index contributed by atoms with van der Waals surface area (Å²) < 4.78 is 3.94. The van der Waals surface area contributed by atoms with E-state index in [1.807, 2.05) is 66.7 Å². The van der Waals surface area contributed by atoms with E-state index in [2.05, 4.69) is 5.32 Å². The van der Waals surface area contributed by atoms with Crippen LogP contribution in [0.3, 0.4) is 0 Å². The molecule has 0 spiro atoms. The van der Waals surface area contributed by atoms with Gasteiger partial charge in [-0.1, -0.05) is 60.7 Å². The van der Waals surface area contributed by atoms with Gasteiger partial charge in [0.15, 0.2) is 0 Å². The van der Waals surface area contributed by atoms with Crippen LogP contribution in [0.1, 0.15) is 24.4 Å². The minimum absolute atomic E-state index is 0.0556. The zero-order valence-corrected chi connectivity index (χ0v) is 17.4. The highest BCUT2D eigenvalue weighted by atomic mass is 32.1. The van der Waals surface area contributed by atoms with Crippen molar-refractivity contribution in [1.82, 2.24) is 14.5 Å². The molecule has 0 saturated carbocycles. The second-order valence-corrected chi connectivity index (χ2v) is 8.75. The predicted octanol–water partition coefficient (Wildman–Crippen LogP) is 3.86. The largest absolute Gasteiger partial charge is 0.332 e. The Morgan fingerprint density at radius 2 is 1.60 bits per heavy atom. The van der Waals surface area contributed by atoms with Crippen LogP contribution in [0.4, 0.5) is 0 Å². The van der Waals surface area contributed by atoms with Crippen molar-refractivity contribution in [2.45, 2.75) is 25.4 Å². The van der Waals surface area contributed by atoms with Gasteiger partial charge < -0.3 is 5.32 Å². The van der Waals surface area contributed by atoms with E-state index in [9.17, 15) is 9.59 Å². The molecular formula is C24H23N3O2S. The summed E-state index contributed by atoms with van der Waals surface area (Å²) >= 11 is 1.48. The van der Waals surface area contributed by atoms with Crippen LogP contribution >= 0.6 is 11.3 Å². The first-order chi connectivity index (χ1) is 14.7. The van der Waals surface area contributed by atoms with E-state index in [4.69, 9.17) is 0 Å². The van der Waals surface area contributed by atoms with Crippen LogP contribution in [0.25, 0.3) is 20.7 Å². The number of nitrogens with zero attached hydrogens (tertiary/aromatic N) is 2. The van der Waals surface area contributed by atoms with Crippen LogP contribution in [-0.2, 0) is 6.54 Å². The lowest BCUT2D eigenvalue weighted by molar-refractivity contribution is 0.346. The van der Waals surface area contributed by atoms with Crippen LogP contribution in [0.2, 0.25) is 0 Å². The molecule has 2 aromatic carbocycles. The van der Waals surface area contributed by atoms with Gasteiger partial charge in [-0.2, -0.15) is 0 Å². The molecule has 6 heteroatoms. The quantitative estimate of drug-likeness (QED) is 0.549. The standard InChI is InChI=1S/C24H23N3O2S/c28-23-22-20(15-21(30-22)18-9-5-2-6-10-18)26(16-17-7-3-1-4-8-17)24(29)27(23)19-11-13-25-14-12-19/h1-10,15,19,25H,11-14,16H2. The molecule has 30 heavy (non-hydrogen) atoms. The molecule has 0 radical (unpaired) electrons. The number of aromatic nitrogens is 2. The molecule has 2 aromatic heterocycles. The fraction of sp³-hybridized carbons (Fsp3) is 0.250. The smallest absolute Gasteiger partial charge is 0.317 e. The monoisotopic (exact) mass is 417 g/mol. The Hall–Kier alpha value is -2.96. The number of benzene rings is 2. The van der Waals surface area contributed by atoms with Crippen LogP contribution in [0, 0.1) is 0 Å². The van der Waals surface area contributed by atoms with Gasteiger partial charge in [-0.3, -0.25) is 13.9 Å². The van der Waals surface area contributed by atoms with Gasteiger partial charge in [0.05, 0.1) is 12.1 Å². The predicted molar refractivity (Wildman–Crippen MR) is 122 cm³/mol. The Kier molecular flexibility index (Phi) is 5.11. The third-order valence-corrected chi connectivity index (χ3v) is 6.93. The van der Waals surface area contributed by atoms with Crippen molar-refractivity contribution < 1.29 is 0 Å². The van der Waals surface area contributed by atoms with Gasteiger partial charge in [0, 0.05) is 10.9 Å². The molecule has 0 amide bonds. The summed E-state index contributed by atoms with van der Waals surface area (Å²) in [5.74, 6) is 0. The highest BCUT2D eigenvalue weighted by Gasteiger charge is 2.23. The second kappa shape index (κ2) is 8.05. The highest BCUT2D eigenvalue weighted by Crippen LogP contribution is 2.32. The van der Waals surface area contributed by atoms with Crippen molar-refractivity contribution in [3.63, 3.8) is 0 Å². The van der Waals surface area contributed by atoms with Gasteiger partial charge in [-0.05, 0) is 43.1 Å². The van der Waals surface area contributed by atoms with Crippen LogP contribution in [0.5, 0.6) is 0 Å². The normalized spacial score (nSPS) is 14.9. The van der Waals surface area contributed by atoms with E-state index in [-0.39, 0.29) is 17.3 Å². The lowest BCUT2D eigenvalue weighted by Crippen LogP contribution is -2.45. The van der Waals surface area contributed by atoms with Crippen molar-refractivity contribution >= 4 is 21.6 Å². The van der Waals surface area contributed by atoms with Gasteiger partial charge in [0.1, 0.15) is 4.70 Å². The minimum atomic E-state index is -0.208. The zero-order valence-electron chi connectivity index (χ0n) is 16.6. The Bertz CT molecular complexity index is 1280. The molecule has 3 heterocycles. The summed E-state index contributed by atoms with van der Waals surface area (Å²) in [7, 11) is 0. The Labute approximate surface area is 178 Å². The van der Waals surface area contributed by atoms with E-state index >= 15 is 0 Å². The number of hydrogen-bond donors (Lipinski definition) is 1. The average Bonchev–Trinajstić information content (AvgIpc) is 3.25. The Balaban J connectivity index is 1.74. The number of hydrogen-bond acceptors (Lipinski definition) is 4. The molecule has 152 valence electrons. The second-order valence-electron chi connectivity index (χ2n) is 7.70. The fourth-order valence-corrected chi connectivity index (χ4v) is 5.32. The van der Waals surface area contributed by atoms with E-state index in [0.717, 1.165) is 47.5 Å². The lowest BCUT2D eigenvalue weighted by Gasteiger charge is -2.25. The first-order valence-corrected chi connectivity index (χ1v) is 11.1. The molecule has 1 aliphatic heterocycles. The summed E-state index contributed by atoms with van der Waals surface area (Å²) in [6.45, 7) is 2.10. The molecule has 1 fully saturated rings. The number of fused-ring (bicyclic) bond motifs is 1. The van der Waals surface area contributed by atoms with E-state index < -0.39 is 0 Å². The minimum Gasteiger partial charge on any atom is -0.317 e. The first kappa shape index (κ1) is 19.0. The molecule has 0 atom stereocenters. The number of piperidine rings is 1. The van der Waals surface area contributed by atoms with Gasteiger partial charge in [-0.15, -0.1) is 11.3 Å². The molecule has 0 aliphatic carbocycles. The first-order valence-electron chi connectivity index (χ1n) is 10.3. The molecule has 0 unspecified atom stereocenters. The van der Waals surface area contributed by atoms with E-state index in [1.54, 1.807) is 4.57 Å². The van der Waals surface area contributed by atoms with E-state index in [0.29, 0.717) is 11.2 Å². The molecule has 1 N–H and O–H groups in total. The number of rotatable bonds is 4. The molecule has 1 saturated heterocycles. The van der Waals surface area contributed by atoms with Gasteiger partial charge in [-0.25, -0.2) is 4.79 Å². The molecule has 5 rings (SSSR count). The topological polar surface area (TPSA) is 56.0 Å². The number of nitrogens with one attached hydrogen (secondary N) is 1. The van der Waals surface area contributed by atoms with E-state index in [1.165, 1.54) is 15.9 Å². The summed E-state index contributed by atoms with van der Waals surface area (Å²) in [6.07, 6.45) is 1.59. The van der Waals surface area contributed by atoms with Crippen LogP contribution in [0.15, 0.2) is 76.3 Å². The maximum Gasteiger partial charge on any atom is 0.332 e. The van der Waals surface area contributed by atoms with Crippen molar-refractivity contribution in [3.05, 3.63) is 93.1 Å². The van der Waals surface area contributed by atoms with Gasteiger partial charge in [0.2, 0.25) is 0 Å². The molecular weight excluding hydrogens is 394 g/mol. The third kappa shape index (κ3) is 3.42. The third-order valence-electron chi connectivity index (χ3n) is 5.77. The SMILES string of the molecule is O=c1c2sc(-c3ccccc3)cc2n(Cc2ccccc2)c(=O)n1C1CCNCC1. The van der Waals surface area contributed by atoms with Crippen LogP contribution < -0.4 is 16.6 Å². The fourth-order valence-electron chi connectivity index (χ4n) is 4.21. The molecule has 4 aromatic rings. The maximum atomic E-state index is 13.6. The van der Waals surface area contributed by atoms with Gasteiger partial charge in [0.25, 0.3) is 5.56 Å². The summed E-state index contributed by atoms with van der Waals surface area (Å²) in [4.78, 5) is 28.0. The van der Waals surface area contributed by atoms with Crippen molar-refractivity contribution in [2.24, 2.45) is 0 Å². The summed E-state index contributed by atoms with van der Waals surface area (Å²) in [5.41, 5.74) is 2.47. The number of thiophene rings is 1. The van der Waals surface area contributed by atoms with Gasteiger partial charge >= 0.3 is 5.69 Å². The Morgan fingerprint density at radius 1 is 0.933 bits per heavy atom. The van der Waals surface area contributed by atoms with Crippen molar-refractivity contribution in [3.8, 4) is 10.4 Å². The molecule has 0 bridgehead atoms. The summed E-state index contributed by atoms with van der Waals surface area (Å²) in [5, 5.41) is 3.32. The molecule has 1 aliphatic rings. The van der Waals surface area contributed by atoms with Crippen molar-refractivity contribution in [1.29, 1.82) is 0 Å². The maximum absolute atomic E-state index is 13.6. The zero-order chi connectivity index (χ0) is 20.5. The molecule has 5 nitrogen and oxygen atoms in total. The Morgan fingerprint density at radius 3 is 2.30 bits per heavy atom. The highest BCUT2D eigenvalue weighted by molar-refractivity contribution is 7.22. The van der Waals surface area contributed by atoms with Crippen LogP contribution in [-0.4, -0.2) is 22.2 Å². The summed E-state index contributed by atoms with van der Waals surface area (Å²) in [6, 6.07) is 21.9. The average molecular weight is 418 g/mol.